The molecule has 0 unspecified atom stereocenters. The highest BCUT2D eigenvalue weighted by atomic mass is 32.1. The Bertz CT molecular complexity index is 1130. The molecular weight excluding hydrogens is 686 g/mol. The van der Waals surface area contributed by atoms with Crippen molar-refractivity contribution in [2.45, 2.75) is 95.9 Å². The number of rotatable bonds is 35. The molecule has 0 aliphatic heterocycles. The summed E-state index contributed by atoms with van der Waals surface area (Å²) < 4.78 is 20.7. The molecule has 16 heteroatoms. The summed E-state index contributed by atoms with van der Waals surface area (Å²) in [5.74, 6) is -3.04. The molecule has 1 heterocycles. The quantitative estimate of drug-likeness (QED) is 0.0635. The highest BCUT2D eigenvalue weighted by Crippen LogP contribution is 2.19. The molecule has 51 heavy (non-hydrogen) atoms. The normalized spacial score (nSPS) is 11.5. The molecule has 15 nitrogen and oxygen atoms in total. The van der Waals surface area contributed by atoms with Crippen molar-refractivity contribution in [2.75, 3.05) is 65.9 Å². The molecule has 3 amide bonds. The first-order valence-corrected chi connectivity index (χ1v) is 18.6. The number of aliphatic carboxylic acids is 1. The second kappa shape index (κ2) is 31.3. The maximum Gasteiger partial charge on any atom is 0.345 e. The largest absolute Gasteiger partial charge is 0.480 e. The van der Waals surface area contributed by atoms with Crippen molar-refractivity contribution >= 4 is 47.3 Å². The Balaban J connectivity index is 1.95. The number of nitrogens with one attached hydrogen (secondary N) is 3. The van der Waals surface area contributed by atoms with E-state index in [1.165, 1.54) is 30.6 Å². The number of carboxylic acids is 2. The number of carbonyl (C=O) groups excluding carboxylic acids is 4. The minimum atomic E-state index is -1.18. The molecule has 289 valence electrons. The van der Waals surface area contributed by atoms with Crippen molar-refractivity contribution in [2.24, 2.45) is 0 Å². The van der Waals surface area contributed by atoms with E-state index < -0.39 is 18.0 Å². The van der Waals surface area contributed by atoms with Crippen LogP contribution in [0.4, 0.5) is 0 Å². The van der Waals surface area contributed by atoms with Crippen LogP contribution in [0.3, 0.4) is 0 Å². The number of aryl methyl sites for hydroxylation is 1. The van der Waals surface area contributed by atoms with E-state index in [-0.39, 0.29) is 83.2 Å². The van der Waals surface area contributed by atoms with Crippen LogP contribution in [0.25, 0.3) is 0 Å². The molecule has 1 aromatic rings. The van der Waals surface area contributed by atoms with Crippen LogP contribution in [0.2, 0.25) is 0 Å². The van der Waals surface area contributed by atoms with Gasteiger partial charge in [-0.15, -0.1) is 11.3 Å². The van der Waals surface area contributed by atoms with Crippen molar-refractivity contribution in [1.82, 2.24) is 16.0 Å². The molecule has 0 saturated carbocycles. The van der Waals surface area contributed by atoms with Crippen molar-refractivity contribution < 1.29 is 57.9 Å². The van der Waals surface area contributed by atoms with Gasteiger partial charge in [-0.3, -0.25) is 19.2 Å². The van der Waals surface area contributed by atoms with E-state index >= 15 is 0 Å². The topological polar surface area (TPSA) is 216 Å². The molecule has 0 aliphatic carbocycles. The molecule has 0 aromatic carbocycles. The fourth-order valence-electron chi connectivity index (χ4n) is 4.81. The van der Waals surface area contributed by atoms with Crippen LogP contribution in [0, 0.1) is 0 Å². The van der Waals surface area contributed by atoms with E-state index in [9.17, 15) is 33.9 Å². The third-order valence-electron chi connectivity index (χ3n) is 7.52. The second-order valence-corrected chi connectivity index (χ2v) is 12.9. The van der Waals surface area contributed by atoms with E-state index in [0.717, 1.165) is 49.8 Å². The first-order valence-electron chi connectivity index (χ1n) is 17.8. The van der Waals surface area contributed by atoms with Crippen molar-refractivity contribution in [3.05, 3.63) is 21.9 Å². The average Bonchev–Trinajstić information content (AvgIpc) is 3.58. The fraction of sp³-hybridized carbons (Fsp3) is 0.714. The summed E-state index contributed by atoms with van der Waals surface area (Å²) >= 11 is 1.35. The molecule has 1 atom stereocenters. The van der Waals surface area contributed by atoms with Gasteiger partial charge in [0.1, 0.15) is 24.1 Å². The molecule has 0 aliphatic rings. The van der Waals surface area contributed by atoms with Crippen molar-refractivity contribution in [3.8, 4) is 0 Å². The average molecular weight is 743 g/mol. The molecule has 0 spiro atoms. The Kier molecular flexibility index (Phi) is 28.0. The lowest BCUT2D eigenvalue weighted by Gasteiger charge is -2.14. The van der Waals surface area contributed by atoms with E-state index in [1.807, 2.05) is 6.07 Å². The monoisotopic (exact) mass is 742 g/mol. The number of aromatic carboxylic acids is 1. The second-order valence-electron chi connectivity index (χ2n) is 11.8. The van der Waals surface area contributed by atoms with Gasteiger partial charge < -0.3 is 45.1 Å². The number of hydrogen-bond acceptors (Lipinski definition) is 11. The molecule has 1 radical (unpaired) electrons. The highest BCUT2D eigenvalue weighted by molar-refractivity contribution is 7.13. The van der Waals surface area contributed by atoms with Gasteiger partial charge in [-0.25, -0.2) is 9.59 Å². The number of amides is 3. The lowest BCUT2D eigenvalue weighted by Crippen LogP contribution is -2.41. The van der Waals surface area contributed by atoms with Gasteiger partial charge in [0.2, 0.25) is 24.0 Å². The molecular formula is C35H56N3O12S. The summed E-state index contributed by atoms with van der Waals surface area (Å²) in [6, 6.07) is 2.43. The Labute approximate surface area is 304 Å². The van der Waals surface area contributed by atoms with Crippen molar-refractivity contribution in [1.29, 1.82) is 0 Å². The molecule has 1 aromatic heterocycles. The number of unbranched alkanes of at least 4 members (excludes halogenated alkanes) is 9. The predicted molar refractivity (Wildman–Crippen MR) is 190 cm³/mol. The number of hydrogen-bond donors (Lipinski definition) is 5. The van der Waals surface area contributed by atoms with Crippen LogP contribution in [-0.2, 0) is 49.3 Å². The molecule has 0 saturated heterocycles. The zero-order valence-electron chi connectivity index (χ0n) is 29.6. The first-order chi connectivity index (χ1) is 24.7. The minimum Gasteiger partial charge on any atom is -0.480 e. The Morgan fingerprint density at radius 1 is 0.667 bits per heavy atom. The fourth-order valence-corrected chi connectivity index (χ4v) is 5.70. The molecule has 0 bridgehead atoms. The Hall–Kier alpha value is -3.44. The SMILES string of the molecule is O=[C]COCCOCCNC(=O)COCCOCCNC(=O)CC[C@H](NC(=O)CCCCCCCCCCCCc1ccc(C(=O)O)s1)C(=O)O. The molecule has 5 N–H and O–H groups in total. The summed E-state index contributed by atoms with van der Waals surface area (Å²) in [7, 11) is 0. The lowest BCUT2D eigenvalue weighted by molar-refractivity contribution is -0.142. The van der Waals surface area contributed by atoms with Crippen LogP contribution < -0.4 is 16.0 Å². The van der Waals surface area contributed by atoms with Crippen LogP contribution in [-0.4, -0.2) is 118 Å². The number of carboxylic acid groups (broad SMARTS) is 2. The summed E-state index contributed by atoms with van der Waals surface area (Å²) in [6.07, 6.45) is 13.2. The van der Waals surface area contributed by atoms with Gasteiger partial charge in [-0.05, 0) is 37.8 Å². The third-order valence-corrected chi connectivity index (χ3v) is 8.65. The maximum atomic E-state index is 12.3. The Morgan fingerprint density at radius 2 is 1.24 bits per heavy atom. The van der Waals surface area contributed by atoms with Gasteiger partial charge >= 0.3 is 11.9 Å². The number of carbonyl (C=O) groups is 5. The first kappa shape index (κ1) is 45.6. The maximum absolute atomic E-state index is 12.3. The number of thiophene rings is 1. The number of ether oxygens (including phenoxy) is 4. The van der Waals surface area contributed by atoms with Crippen LogP contribution >= 0.6 is 11.3 Å². The smallest absolute Gasteiger partial charge is 0.345 e. The van der Waals surface area contributed by atoms with Crippen LogP contribution in [0.15, 0.2) is 12.1 Å². The van der Waals surface area contributed by atoms with Gasteiger partial charge in [0.25, 0.3) is 0 Å². The molecule has 1 rings (SSSR count). The zero-order chi connectivity index (χ0) is 37.4. The summed E-state index contributed by atoms with van der Waals surface area (Å²) in [5, 5.41) is 26.3. The van der Waals surface area contributed by atoms with Gasteiger partial charge in [0, 0.05) is 30.8 Å². The lowest BCUT2D eigenvalue weighted by atomic mass is 10.0. The van der Waals surface area contributed by atoms with Gasteiger partial charge in [-0.2, -0.15) is 0 Å². The van der Waals surface area contributed by atoms with Crippen molar-refractivity contribution in [3.63, 3.8) is 0 Å². The standard InChI is InChI=1S/C35H56N3O12S/c39-19-22-49-24-23-47-21-18-37-33(42)27-50-26-25-48-20-17-36-31(40)16-14-29(34(43)44)38-32(41)12-10-8-6-4-2-1-3-5-7-9-11-28-13-15-30(51-28)35(45)46/h13,15,29H,1-12,14,16-18,20-27H2,(H,36,40)(H,37,42)(H,38,41)(H,43,44)(H,45,46)/t29-/m0/s1. The van der Waals surface area contributed by atoms with Crippen LogP contribution in [0.5, 0.6) is 0 Å². The zero-order valence-corrected chi connectivity index (χ0v) is 30.4. The summed E-state index contributed by atoms with van der Waals surface area (Å²) in [4.78, 5) is 70.1. The summed E-state index contributed by atoms with van der Waals surface area (Å²) in [5.41, 5.74) is 0. The molecule has 0 fully saturated rings. The van der Waals surface area contributed by atoms with Gasteiger partial charge in [0.15, 0.2) is 0 Å². The summed E-state index contributed by atoms with van der Waals surface area (Å²) in [6.45, 7) is 1.77. The van der Waals surface area contributed by atoms with E-state index in [1.54, 1.807) is 12.4 Å². The third kappa shape index (κ3) is 27.0. The van der Waals surface area contributed by atoms with Gasteiger partial charge in [0.05, 0.1) is 39.6 Å². The van der Waals surface area contributed by atoms with Gasteiger partial charge in [-0.1, -0.05) is 51.4 Å². The van der Waals surface area contributed by atoms with E-state index in [0.29, 0.717) is 31.1 Å². The predicted octanol–water partition coefficient (Wildman–Crippen LogP) is 3.04. The Morgan fingerprint density at radius 3 is 1.82 bits per heavy atom. The van der Waals surface area contributed by atoms with E-state index in [2.05, 4.69) is 16.0 Å². The van der Waals surface area contributed by atoms with E-state index in [4.69, 9.17) is 24.1 Å². The highest BCUT2D eigenvalue weighted by Gasteiger charge is 2.20. The minimum absolute atomic E-state index is 0.0237. The van der Waals surface area contributed by atoms with Crippen LogP contribution in [0.1, 0.15) is 98.0 Å².